The molecule has 7 nitrogen and oxygen atoms in total. The molecule has 0 bridgehead atoms. The number of benzene rings is 3. The second kappa shape index (κ2) is 9.71. The minimum Gasteiger partial charge on any atom is -0.496 e. The third-order valence-corrected chi connectivity index (χ3v) is 6.61. The molecule has 0 spiro atoms. The number of ether oxygens (including phenoxy) is 1. The molecule has 0 fully saturated rings. The lowest BCUT2D eigenvalue weighted by Crippen LogP contribution is -2.06. The Bertz CT molecular complexity index is 1580. The van der Waals surface area contributed by atoms with Gasteiger partial charge in [-0.25, -0.2) is 14.2 Å². The molecule has 5 rings (SSSR count). The van der Waals surface area contributed by atoms with Crippen molar-refractivity contribution in [3.63, 3.8) is 0 Å². The van der Waals surface area contributed by atoms with Crippen molar-refractivity contribution in [3.8, 4) is 34.2 Å². The predicted octanol–water partition coefficient (Wildman–Crippen LogP) is 5.37. The minimum absolute atomic E-state index is 0.487. The summed E-state index contributed by atoms with van der Waals surface area (Å²) in [7, 11) is 0.152. The van der Waals surface area contributed by atoms with Crippen molar-refractivity contribution in [2.75, 3.05) is 11.8 Å². The molecule has 1 unspecified atom stereocenters. The zero-order valence-corrected chi connectivity index (χ0v) is 19.5. The van der Waals surface area contributed by atoms with Crippen molar-refractivity contribution >= 4 is 27.6 Å². The van der Waals surface area contributed by atoms with Crippen LogP contribution >= 0.6 is 0 Å². The Balaban J connectivity index is 1.50. The molecule has 0 aliphatic carbocycles. The fourth-order valence-corrected chi connectivity index (χ4v) is 4.65. The van der Waals surface area contributed by atoms with Gasteiger partial charge in [0.2, 0.25) is 0 Å². The summed E-state index contributed by atoms with van der Waals surface area (Å²) in [5.74, 6) is 1.17. The van der Waals surface area contributed by atoms with Crippen molar-refractivity contribution < 1.29 is 8.95 Å². The van der Waals surface area contributed by atoms with Crippen molar-refractivity contribution in [1.82, 2.24) is 15.0 Å². The van der Waals surface area contributed by atoms with Crippen LogP contribution in [0.15, 0.2) is 96.4 Å². The Hall–Kier alpha value is -4.61. The number of aromatic nitrogens is 3. The lowest BCUT2D eigenvalue weighted by molar-refractivity contribution is 0.416. The van der Waals surface area contributed by atoms with Crippen LogP contribution < -0.4 is 9.46 Å². The van der Waals surface area contributed by atoms with Gasteiger partial charge in [0, 0.05) is 23.3 Å². The lowest BCUT2D eigenvalue weighted by Gasteiger charge is -2.13. The van der Waals surface area contributed by atoms with Crippen molar-refractivity contribution in [3.05, 3.63) is 97.1 Å². The van der Waals surface area contributed by atoms with Gasteiger partial charge in [0.05, 0.1) is 29.3 Å². The molecule has 0 aliphatic heterocycles. The molecule has 2 heterocycles. The summed E-state index contributed by atoms with van der Waals surface area (Å²) < 4.78 is 21.4. The zero-order valence-electron chi connectivity index (χ0n) is 18.7. The number of pyridine rings is 1. The molecule has 3 aromatic carbocycles. The number of fused-ring (bicyclic) bond motifs is 1. The number of nitriles is 1. The van der Waals surface area contributed by atoms with E-state index in [-0.39, 0.29) is 0 Å². The summed E-state index contributed by atoms with van der Waals surface area (Å²) in [5.41, 5.74) is 4.20. The second-order valence-electron chi connectivity index (χ2n) is 7.61. The number of nitrogens with one attached hydrogen (secondary N) is 1. The van der Waals surface area contributed by atoms with Gasteiger partial charge in [-0.1, -0.05) is 24.3 Å². The summed E-state index contributed by atoms with van der Waals surface area (Å²) in [6.07, 6.45) is 4.72. The van der Waals surface area contributed by atoms with E-state index < -0.39 is 11.0 Å². The molecule has 0 amide bonds. The molecular weight excluding hydrogens is 458 g/mol. The van der Waals surface area contributed by atoms with E-state index in [0.717, 1.165) is 33.2 Å². The fraction of sp³-hybridized carbons (Fsp3) is 0.0370. The summed E-state index contributed by atoms with van der Waals surface area (Å²) in [5, 5.41) is 10.9. The maximum Gasteiger partial charge on any atom is 0.151 e. The number of nitrogens with zero attached hydrogens (tertiary/aromatic N) is 4. The predicted molar refractivity (Wildman–Crippen MR) is 136 cm³/mol. The Kier molecular flexibility index (Phi) is 6.16. The zero-order chi connectivity index (χ0) is 24.2. The van der Waals surface area contributed by atoms with Gasteiger partial charge in [-0.15, -0.1) is 0 Å². The maximum absolute atomic E-state index is 12.8. The van der Waals surface area contributed by atoms with E-state index in [1.807, 2.05) is 54.6 Å². The highest BCUT2D eigenvalue weighted by atomic mass is 32.2. The number of hydrogen-bond acceptors (Lipinski definition) is 6. The second-order valence-corrected chi connectivity index (χ2v) is 8.83. The standard InChI is InChI=1S/C27H19N5O2S/c1-34-25-15-20(19-4-2-18(16-28)3-5-19)6-8-24(25)27-23-9-7-22(14-21(23)10-13-30-27)35(33)32-26-11-12-29-17-31-26/h2-15,17H,1H3,(H,29,31,32). The van der Waals surface area contributed by atoms with Gasteiger partial charge in [-0.05, 0) is 65.0 Å². The van der Waals surface area contributed by atoms with Crippen LogP contribution in [0, 0.1) is 11.3 Å². The van der Waals surface area contributed by atoms with E-state index in [0.29, 0.717) is 22.0 Å². The molecule has 2 aromatic heterocycles. The Morgan fingerprint density at radius 2 is 1.74 bits per heavy atom. The highest BCUT2D eigenvalue weighted by Crippen LogP contribution is 2.37. The van der Waals surface area contributed by atoms with E-state index in [2.05, 4.69) is 25.7 Å². The van der Waals surface area contributed by atoms with E-state index >= 15 is 0 Å². The highest BCUT2D eigenvalue weighted by Gasteiger charge is 2.14. The van der Waals surface area contributed by atoms with E-state index in [1.165, 1.54) is 6.33 Å². The summed E-state index contributed by atoms with van der Waals surface area (Å²) in [6.45, 7) is 0. The van der Waals surface area contributed by atoms with Crippen LogP contribution in [0.3, 0.4) is 0 Å². The molecule has 1 atom stereocenters. The van der Waals surface area contributed by atoms with E-state index in [9.17, 15) is 4.21 Å². The number of hydrogen-bond donors (Lipinski definition) is 1. The van der Waals surface area contributed by atoms with E-state index in [4.69, 9.17) is 10.00 Å². The average Bonchev–Trinajstić information content (AvgIpc) is 2.92. The summed E-state index contributed by atoms with van der Waals surface area (Å²) in [4.78, 5) is 13.2. The van der Waals surface area contributed by atoms with Gasteiger partial charge >= 0.3 is 0 Å². The summed E-state index contributed by atoms with van der Waals surface area (Å²) >= 11 is 0. The quantitative estimate of drug-likeness (QED) is 0.353. The van der Waals surface area contributed by atoms with Crippen LogP contribution in [0.5, 0.6) is 5.75 Å². The van der Waals surface area contributed by atoms with Crippen LogP contribution in [0.1, 0.15) is 5.56 Å². The summed E-state index contributed by atoms with van der Waals surface area (Å²) in [6, 6.07) is 24.7. The number of methoxy groups -OCH3 is 1. The first-order chi connectivity index (χ1) is 17.2. The van der Waals surface area contributed by atoms with Gasteiger partial charge < -0.3 is 4.74 Å². The highest BCUT2D eigenvalue weighted by molar-refractivity contribution is 7.86. The van der Waals surface area contributed by atoms with Crippen molar-refractivity contribution in [1.29, 1.82) is 5.26 Å². The molecule has 0 radical (unpaired) electrons. The van der Waals surface area contributed by atoms with Crippen LogP contribution in [-0.2, 0) is 11.0 Å². The molecule has 35 heavy (non-hydrogen) atoms. The van der Waals surface area contributed by atoms with Crippen LogP contribution in [0.2, 0.25) is 0 Å². The average molecular weight is 478 g/mol. The van der Waals surface area contributed by atoms with Crippen LogP contribution in [0.4, 0.5) is 5.82 Å². The number of rotatable bonds is 6. The molecular formula is C27H19N5O2S. The van der Waals surface area contributed by atoms with Gasteiger partial charge in [0.15, 0.2) is 11.0 Å². The SMILES string of the molecule is COc1cc(-c2ccc(C#N)cc2)ccc1-c1nccc2cc(S(=O)Nc3ccncn3)ccc12. The van der Waals surface area contributed by atoms with Gasteiger partial charge in [0.1, 0.15) is 17.9 Å². The molecule has 5 aromatic rings. The first-order valence-electron chi connectivity index (χ1n) is 10.7. The van der Waals surface area contributed by atoms with Crippen molar-refractivity contribution in [2.45, 2.75) is 4.90 Å². The smallest absolute Gasteiger partial charge is 0.151 e. The Morgan fingerprint density at radius 1 is 0.914 bits per heavy atom. The fourth-order valence-electron chi connectivity index (χ4n) is 3.79. The van der Waals surface area contributed by atoms with Crippen LogP contribution in [-0.4, -0.2) is 26.3 Å². The largest absolute Gasteiger partial charge is 0.496 e. The van der Waals surface area contributed by atoms with E-state index in [1.54, 1.807) is 37.7 Å². The molecule has 0 saturated carbocycles. The number of anilines is 1. The third kappa shape index (κ3) is 4.58. The first kappa shape index (κ1) is 22.2. The molecule has 1 N–H and O–H groups in total. The molecule has 8 heteroatoms. The van der Waals surface area contributed by atoms with Gasteiger partial charge in [-0.2, -0.15) is 5.26 Å². The first-order valence-corrected chi connectivity index (χ1v) is 11.8. The van der Waals surface area contributed by atoms with Crippen LogP contribution in [0.25, 0.3) is 33.2 Å². The topological polar surface area (TPSA) is 101 Å². The minimum atomic E-state index is -1.48. The Labute approximate surface area is 204 Å². The monoisotopic (exact) mass is 477 g/mol. The third-order valence-electron chi connectivity index (χ3n) is 5.53. The van der Waals surface area contributed by atoms with Gasteiger partial charge in [0.25, 0.3) is 0 Å². The lowest BCUT2D eigenvalue weighted by atomic mass is 9.98. The molecule has 170 valence electrons. The van der Waals surface area contributed by atoms with Gasteiger partial charge in [-0.3, -0.25) is 9.71 Å². The normalized spacial score (nSPS) is 11.5. The van der Waals surface area contributed by atoms with Crippen molar-refractivity contribution in [2.24, 2.45) is 0 Å². The molecule has 0 aliphatic rings. The Morgan fingerprint density at radius 3 is 2.49 bits per heavy atom. The maximum atomic E-state index is 12.8. The molecule has 0 saturated heterocycles.